The maximum absolute atomic E-state index is 14.3. The first-order chi connectivity index (χ1) is 17.1. The number of amides is 1. The molecule has 3 aromatic rings. The molecule has 1 amide bonds. The number of fused-ring (bicyclic) bond motifs is 1. The van der Waals surface area contributed by atoms with Gasteiger partial charge in [-0.25, -0.2) is 18.1 Å². The van der Waals surface area contributed by atoms with Crippen molar-refractivity contribution in [2.75, 3.05) is 33.4 Å². The molecule has 3 heterocycles. The third-order valence-corrected chi connectivity index (χ3v) is 9.80. The number of piperidine rings is 1. The van der Waals surface area contributed by atoms with Crippen LogP contribution in [0.5, 0.6) is 0 Å². The van der Waals surface area contributed by atoms with E-state index in [1.165, 1.54) is 41.2 Å². The molecule has 1 fully saturated rings. The maximum atomic E-state index is 14.3. The molecule has 1 N–H and O–H groups in total. The first-order valence-electron chi connectivity index (χ1n) is 11.8. The Morgan fingerprint density at radius 1 is 1.32 bits per heavy atom. The SMILES string of the molecule is CN(C)S(C)(=O)(O)n1c(C2(C#N)CCN(C(=O)OC(C)(C)C)CC2)nc2c(-c3ccoc3)cc(Cl)cc21. The quantitative estimate of drug-likeness (QED) is 0.490. The van der Waals surface area contributed by atoms with Crippen LogP contribution in [0.2, 0.25) is 5.02 Å². The van der Waals surface area contributed by atoms with Crippen molar-refractivity contribution in [1.82, 2.24) is 18.2 Å². The van der Waals surface area contributed by atoms with Crippen LogP contribution in [0.3, 0.4) is 0 Å². The van der Waals surface area contributed by atoms with Crippen molar-refractivity contribution in [3.8, 4) is 17.2 Å². The molecule has 1 aliphatic heterocycles. The highest BCUT2D eigenvalue weighted by molar-refractivity contribution is 8.11. The smallest absolute Gasteiger partial charge is 0.410 e. The lowest BCUT2D eigenvalue weighted by Crippen LogP contribution is -2.54. The van der Waals surface area contributed by atoms with Crippen molar-refractivity contribution in [1.29, 1.82) is 5.26 Å². The predicted molar refractivity (Wildman–Crippen MR) is 143 cm³/mol. The van der Waals surface area contributed by atoms with E-state index in [-0.39, 0.29) is 31.8 Å². The van der Waals surface area contributed by atoms with Crippen molar-refractivity contribution in [2.24, 2.45) is 0 Å². The van der Waals surface area contributed by atoms with Crippen LogP contribution in [-0.4, -0.2) is 72.1 Å². The number of ether oxygens (including phenoxy) is 1. The minimum Gasteiger partial charge on any atom is -0.472 e. The Morgan fingerprint density at radius 3 is 2.49 bits per heavy atom. The number of hydrogen-bond acceptors (Lipinski definition) is 6. The number of nitrogens with zero attached hydrogens (tertiary/aromatic N) is 5. The Balaban J connectivity index is 1.92. The zero-order chi connectivity index (χ0) is 27.4. The van der Waals surface area contributed by atoms with Gasteiger partial charge in [0.05, 0.1) is 35.9 Å². The van der Waals surface area contributed by atoms with E-state index in [1.54, 1.807) is 43.9 Å². The van der Waals surface area contributed by atoms with Crippen LogP contribution in [-0.2, 0) is 19.9 Å². The highest BCUT2D eigenvalue weighted by Crippen LogP contribution is 2.43. The molecule has 10 nitrogen and oxygen atoms in total. The Bertz CT molecular complexity index is 1450. The maximum Gasteiger partial charge on any atom is 0.410 e. The monoisotopic (exact) mass is 549 g/mol. The highest BCUT2D eigenvalue weighted by Gasteiger charge is 2.46. The first-order valence-corrected chi connectivity index (χ1v) is 14.4. The fourth-order valence-corrected chi connectivity index (χ4v) is 6.18. The predicted octanol–water partition coefficient (Wildman–Crippen LogP) is 4.90. The molecule has 0 spiro atoms. The number of rotatable bonds is 4. The summed E-state index contributed by atoms with van der Waals surface area (Å²) in [6.07, 6.45) is 4.22. The van der Waals surface area contributed by atoms with Gasteiger partial charge in [0.1, 0.15) is 16.8 Å². The highest BCUT2D eigenvalue weighted by atomic mass is 35.5. The lowest BCUT2D eigenvalue weighted by Gasteiger charge is -2.48. The van der Waals surface area contributed by atoms with Crippen LogP contribution in [0, 0.1) is 11.3 Å². The van der Waals surface area contributed by atoms with E-state index < -0.39 is 26.8 Å². The average molecular weight is 550 g/mol. The second kappa shape index (κ2) is 8.84. The third-order valence-electron chi connectivity index (χ3n) is 6.69. The Hall–Kier alpha value is -2.91. The average Bonchev–Trinajstić information content (AvgIpc) is 3.46. The lowest BCUT2D eigenvalue weighted by atomic mass is 9.79. The number of furan rings is 1. The lowest BCUT2D eigenvalue weighted by molar-refractivity contribution is 0.0182. The molecule has 0 saturated carbocycles. The summed E-state index contributed by atoms with van der Waals surface area (Å²) in [5, 5.41) is 10.8. The number of nitriles is 1. The summed E-state index contributed by atoms with van der Waals surface area (Å²) in [5.41, 5.74) is 0.143. The van der Waals surface area contributed by atoms with E-state index >= 15 is 0 Å². The first kappa shape index (κ1) is 27.1. The molecule has 2 aromatic heterocycles. The molecule has 1 saturated heterocycles. The molecule has 1 aliphatic rings. The van der Waals surface area contributed by atoms with Gasteiger partial charge in [0.15, 0.2) is 0 Å². The van der Waals surface area contributed by atoms with Gasteiger partial charge in [0, 0.05) is 43.3 Å². The standard InChI is InChI=1S/C25H32ClN5O5S/c1-24(2,3)36-23(32)30-10-8-25(16-27,9-11-30)22-28-21-19(17-7-12-35-15-17)13-18(26)14-20(21)31(22)37(6,33,34)29(4)5/h7,12-15H,8-11H2,1-6H3,(H,33,34). The zero-order valence-electron chi connectivity index (χ0n) is 21.8. The van der Waals surface area contributed by atoms with Crippen LogP contribution < -0.4 is 0 Å². The van der Waals surface area contributed by atoms with Crippen molar-refractivity contribution in [3.63, 3.8) is 0 Å². The Labute approximate surface area is 221 Å². The van der Waals surface area contributed by atoms with Gasteiger partial charge < -0.3 is 14.1 Å². The van der Waals surface area contributed by atoms with Crippen molar-refractivity contribution >= 4 is 38.4 Å². The molecule has 0 bridgehead atoms. The Kier molecular flexibility index (Phi) is 6.48. The summed E-state index contributed by atoms with van der Waals surface area (Å²) in [6, 6.07) is 7.41. The van der Waals surface area contributed by atoms with Gasteiger partial charge in [-0.2, -0.15) is 9.47 Å². The topological polar surface area (TPSA) is 125 Å². The van der Waals surface area contributed by atoms with Gasteiger partial charge in [-0.15, -0.1) is 0 Å². The molecule has 12 heteroatoms. The van der Waals surface area contributed by atoms with Gasteiger partial charge in [-0.1, -0.05) is 21.3 Å². The van der Waals surface area contributed by atoms with Gasteiger partial charge in [-0.05, 0) is 51.8 Å². The zero-order valence-corrected chi connectivity index (χ0v) is 23.4. The van der Waals surface area contributed by atoms with Crippen LogP contribution >= 0.6 is 11.6 Å². The number of halogens is 1. The van der Waals surface area contributed by atoms with Gasteiger partial charge in [0.2, 0.25) is 0 Å². The summed E-state index contributed by atoms with van der Waals surface area (Å²) in [4.78, 5) is 19.1. The molecule has 0 unspecified atom stereocenters. The normalized spacial score (nSPS) is 17.4. The molecule has 37 heavy (non-hydrogen) atoms. The minimum absolute atomic E-state index is 0.150. The number of aromatic nitrogens is 2. The summed E-state index contributed by atoms with van der Waals surface area (Å²) in [5.74, 6) is 0.150. The summed E-state index contributed by atoms with van der Waals surface area (Å²) in [6.45, 7) is 5.83. The third kappa shape index (κ3) is 4.75. The molecule has 0 atom stereocenters. The van der Waals surface area contributed by atoms with Crippen LogP contribution in [0.15, 0.2) is 35.1 Å². The van der Waals surface area contributed by atoms with E-state index in [2.05, 4.69) is 6.07 Å². The van der Waals surface area contributed by atoms with Crippen LogP contribution in [0.25, 0.3) is 22.2 Å². The van der Waals surface area contributed by atoms with Gasteiger partial charge in [0.25, 0.3) is 0 Å². The summed E-state index contributed by atoms with van der Waals surface area (Å²) >= 11 is 6.48. The van der Waals surface area contributed by atoms with Crippen molar-refractivity contribution in [2.45, 2.75) is 44.6 Å². The van der Waals surface area contributed by atoms with E-state index in [4.69, 9.17) is 25.7 Å². The van der Waals surface area contributed by atoms with Gasteiger partial charge >= 0.3 is 6.09 Å². The fourth-order valence-electron chi connectivity index (χ4n) is 4.43. The molecule has 200 valence electrons. The van der Waals surface area contributed by atoms with Crippen molar-refractivity contribution < 1.29 is 22.7 Å². The number of hydrogen-bond donors (Lipinski definition) is 1. The number of carbonyl (C=O) groups is 1. The van der Waals surface area contributed by atoms with Crippen LogP contribution in [0.1, 0.15) is 39.4 Å². The molecular formula is C25H32ClN5O5S. The number of likely N-dealkylation sites (tertiary alicyclic amines) is 1. The molecule has 0 aliphatic carbocycles. The summed E-state index contributed by atoms with van der Waals surface area (Å²) in [7, 11) is -1.76. The van der Waals surface area contributed by atoms with E-state index in [0.29, 0.717) is 27.2 Å². The Morgan fingerprint density at radius 2 is 1.97 bits per heavy atom. The van der Waals surface area contributed by atoms with Gasteiger partial charge in [-0.3, -0.25) is 4.55 Å². The fraction of sp³-hybridized carbons (Fsp3) is 0.480. The summed E-state index contributed by atoms with van der Waals surface area (Å²) < 4.78 is 39.2. The van der Waals surface area contributed by atoms with Crippen LogP contribution in [0.4, 0.5) is 4.79 Å². The molecule has 4 rings (SSSR count). The van der Waals surface area contributed by atoms with E-state index in [9.17, 15) is 18.8 Å². The van der Waals surface area contributed by atoms with E-state index in [0.717, 1.165) is 0 Å². The second-order valence-electron chi connectivity index (χ2n) is 10.7. The molecular weight excluding hydrogens is 518 g/mol. The largest absolute Gasteiger partial charge is 0.472 e. The minimum atomic E-state index is -4.75. The molecule has 1 aromatic carbocycles. The number of imidazole rings is 1. The number of carbonyl (C=O) groups excluding carboxylic acids is 1. The molecule has 0 radical (unpaired) electrons. The van der Waals surface area contributed by atoms with Crippen molar-refractivity contribution in [3.05, 3.63) is 41.6 Å². The number of benzene rings is 1. The second-order valence-corrected chi connectivity index (χ2v) is 14.6. The van der Waals surface area contributed by atoms with E-state index in [1.807, 2.05) is 0 Å².